The average Bonchev–Trinajstić information content (AvgIpc) is 2.89. The summed E-state index contributed by atoms with van der Waals surface area (Å²) in [6.45, 7) is 14.1. The molecule has 4 nitrogen and oxygen atoms in total. The Balaban J connectivity index is 2.01. The van der Waals surface area contributed by atoms with Crippen LogP contribution >= 0.6 is 0 Å². The number of likely N-dealkylation sites (tertiary alicyclic amines) is 1. The van der Waals surface area contributed by atoms with E-state index in [1.807, 2.05) is 13.1 Å². The van der Waals surface area contributed by atoms with Crippen molar-refractivity contribution in [2.75, 3.05) is 31.9 Å². The first kappa shape index (κ1) is 15.3. The molecule has 2 rings (SSSR count). The number of rotatable bonds is 5. The van der Waals surface area contributed by atoms with Crippen molar-refractivity contribution in [3.8, 4) is 0 Å². The summed E-state index contributed by atoms with van der Waals surface area (Å²) in [4.78, 5) is 9.64. The number of nitrogens with zero attached hydrogens (tertiary/aromatic N) is 3. The molecule has 0 amide bonds. The molecule has 1 saturated heterocycles. The van der Waals surface area contributed by atoms with Gasteiger partial charge in [0.2, 0.25) is 0 Å². The van der Waals surface area contributed by atoms with Crippen LogP contribution in [0.15, 0.2) is 6.20 Å². The van der Waals surface area contributed by atoms with E-state index in [2.05, 4.69) is 35.6 Å². The first-order valence-electron chi connectivity index (χ1n) is 7.73. The minimum atomic E-state index is 0.702. The van der Waals surface area contributed by atoms with Gasteiger partial charge in [-0.1, -0.05) is 13.8 Å². The first-order valence-corrected chi connectivity index (χ1v) is 7.73. The van der Waals surface area contributed by atoms with Crippen molar-refractivity contribution in [1.82, 2.24) is 14.8 Å². The van der Waals surface area contributed by atoms with Crippen LogP contribution in [0.25, 0.3) is 0 Å². The van der Waals surface area contributed by atoms with E-state index in [1.54, 1.807) is 0 Å². The van der Waals surface area contributed by atoms with Crippen LogP contribution in [0.4, 0.5) is 5.69 Å². The summed E-state index contributed by atoms with van der Waals surface area (Å²) in [5.74, 6) is 0. The number of nitrogens with two attached hydrogens (primary N) is 1. The van der Waals surface area contributed by atoms with Gasteiger partial charge < -0.3 is 5.73 Å². The maximum Gasteiger partial charge on any atom is 0.0593 e. The number of aromatic nitrogens is 1. The summed E-state index contributed by atoms with van der Waals surface area (Å²) >= 11 is 0. The van der Waals surface area contributed by atoms with Crippen molar-refractivity contribution >= 4 is 5.69 Å². The number of anilines is 1. The molecule has 0 bridgehead atoms. The molecule has 1 unspecified atom stereocenters. The third kappa shape index (κ3) is 3.13. The van der Waals surface area contributed by atoms with Crippen LogP contribution in [0.3, 0.4) is 0 Å². The molecule has 4 heteroatoms. The van der Waals surface area contributed by atoms with Crippen molar-refractivity contribution in [3.63, 3.8) is 0 Å². The Labute approximate surface area is 123 Å². The second-order valence-corrected chi connectivity index (χ2v) is 5.83. The molecule has 0 radical (unpaired) electrons. The van der Waals surface area contributed by atoms with Gasteiger partial charge in [-0.3, -0.25) is 14.8 Å². The molecule has 1 fully saturated rings. The molecule has 1 aliphatic heterocycles. The smallest absolute Gasteiger partial charge is 0.0593 e. The van der Waals surface area contributed by atoms with E-state index in [1.165, 1.54) is 6.42 Å². The lowest BCUT2D eigenvalue weighted by Crippen LogP contribution is -2.37. The fourth-order valence-corrected chi connectivity index (χ4v) is 3.16. The van der Waals surface area contributed by atoms with E-state index < -0.39 is 0 Å². The number of nitrogen functional groups attached to an aromatic ring is 1. The molecule has 112 valence electrons. The average molecular weight is 276 g/mol. The van der Waals surface area contributed by atoms with Crippen molar-refractivity contribution in [3.05, 3.63) is 23.0 Å². The summed E-state index contributed by atoms with van der Waals surface area (Å²) in [6, 6.07) is 0.702. The highest BCUT2D eigenvalue weighted by molar-refractivity contribution is 5.53. The summed E-state index contributed by atoms with van der Waals surface area (Å²) in [5, 5.41) is 0. The van der Waals surface area contributed by atoms with Gasteiger partial charge in [-0.2, -0.15) is 0 Å². The minimum absolute atomic E-state index is 0.702. The number of hydrogen-bond acceptors (Lipinski definition) is 4. The van der Waals surface area contributed by atoms with Crippen LogP contribution in [0.5, 0.6) is 0 Å². The van der Waals surface area contributed by atoms with Crippen molar-refractivity contribution in [1.29, 1.82) is 0 Å². The molecule has 0 spiro atoms. The standard InChI is InChI=1S/C16H28N4/c1-5-20(6-2)14-7-8-19(10-14)11-15-13(4)16(17)12(3)9-18-15/h9,14H,5-8,10-11H2,1-4H3,(H2,17,18). The van der Waals surface area contributed by atoms with Crippen LogP contribution in [-0.2, 0) is 6.54 Å². The van der Waals surface area contributed by atoms with E-state index in [0.29, 0.717) is 6.04 Å². The number of pyridine rings is 1. The first-order chi connectivity index (χ1) is 9.56. The van der Waals surface area contributed by atoms with Gasteiger partial charge in [-0.25, -0.2) is 0 Å². The molecule has 1 aromatic rings. The quantitative estimate of drug-likeness (QED) is 0.895. The van der Waals surface area contributed by atoms with Crippen LogP contribution in [-0.4, -0.2) is 47.0 Å². The highest BCUT2D eigenvalue weighted by Gasteiger charge is 2.26. The molecule has 1 aromatic heterocycles. The van der Waals surface area contributed by atoms with Gasteiger partial charge in [0.05, 0.1) is 5.69 Å². The molecule has 2 N–H and O–H groups in total. The summed E-state index contributed by atoms with van der Waals surface area (Å²) < 4.78 is 0. The Morgan fingerprint density at radius 3 is 2.70 bits per heavy atom. The Hall–Kier alpha value is -1.13. The zero-order valence-corrected chi connectivity index (χ0v) is 13.3. The van der Waals surface area contributed by atoms with Gasteiger partial charge in [-0.15, -0.1) is 0 Å². The summed E-state index contributed by atoms with van der Waals surface area (Å²) in [7, 11) is 0. The molecule has 1 atom stereocenters. The van der Waals surface area contributed by atoms with E-state index in [-0.39, 0.29) is 0 Å². The molecule has 0 aromatic carbocycles. The summed E-state index contributed by atoms with van der Waals surface area (Å²) in [5.41, 5.74) is 10.4. The van der Waals surface area contributed by atoms with Gasteiger partial charge in [0, 0.05) is 37.6 Å². The van der Waals surface area contributed by atoms with Crippen LogP contribution < -0.4 is 5.73 Å². The fourth-order valence-electron chi connectivity index (χ4n) is 3.16. The maximum atomic E-state index is 6.11. The topological polar surface area (TPSA) is 45.4 Å². The Kier molecular flexibility index (Phi) is 5.00. The van der Waals surface area contributed by atoms with Gasteiger partial charge >= 0.3 is 0 Å². The largest absolute Gasteiger partial charge is 0.398 e. The Bertz CT molecular complexity index is 454. The van der Waals surface area contributed by atoms with Crippen molar-refractivity contribution in [2.45, 2.75) is 46.7 Å². The predicted octanol–water partition coefficient (Wildman–Crippen LogP) is 2.20. The zero-order valence-electron chi connectivity index (χ0n) is 13.3. The van der Waals surface area contributed by atoms with E-state index in [4.69, 9.17) is 5.73 Å². The van der Waals surface area contributed by atoms with E-state index in [9.17, 15) is 0 Å². The highest BCUT2D eigenvalue weighted by atomic mass is 15.2. The van der Waals surface area contributed by atoms with Gasteiger partial charge in [0.25, 0.3) is 0 Å². The fraction of sp³-hybridized carbons (Fsp3) is 0.688. The highest BCUT2D eigenvalue weighted by Crippen LogP contribution is 2.22. The lowest BCUT2D eigenvalue weighted by molar-refractivity contribution is 0.208. The lowest BCUT2D eigenvalue weighted by atomic mass is 10.1. The number of likely N-dealkylation sites (N-methyl/N-ethyl adjacent to an activating group) is 1. The Morgan fingerprint density at radius 2 is 2.05 bits per heavy atom. The van der Waals surface area contributed by atoms with Crippen LogP contribution in [0.2, 0.25) is 0 Å². The normalized spacial score (nSPS) is 19.9. The Morgan fingerprint density at radius 1 is 1.35 bits per heavy atom. The zero-order chi connectivity index (χ0) is 14.7. The maximum absolute atomic E-state index is 6.11. The molecule has 2 heterocycles. The molecule has 0 aliphatic carbocycles. The van der Waals surface area contributed by atoms with Crippen LogP contribution in [0.1, 0.15) is 37.1 Å². The molecule has 20 heavy (non-hydrogen) atoms. The predicted molar refractivity (Wildman–Crippen MR) is 84.7 cm³/mol. The molecular weight excluding hydrogens is 248 g/mol. The summed E-state index contributed by atoms with van der Waals surface area (Å²) in [6.07, 6.45) is 3.16. The molecule has 0 saturated carbocycles. The van der Waals surface area contributed by atoms with E-state index in [0.717, 1.165) is 55.2 Å². The SMILES string of the molecule is CCN(CC)C1CCN(Cc2ncc(C)c(N)c2C)C1. The third-order valence-corrected chi connectivity index (χ3v) is 4.63. The van der Waals surface area contributed by atoms with Crippen LogP contribution in [0, 0.1) is 13.8 Å². The molecule has 1 aliphatic rings. The minimum Gasteiger partial charge on any atom is -0.398 e. The second kappa shape index (κ2) is 6.55. The van der Waals surface area contributed by atoms with Crippen molar-refractivity contribution < 1.29 is 0 Å². The lowest BCUT2D eigenvalue weighted by Gasteiger charge is -2.26. The molecular formula is C16H28N4. The van der Waals surface area contributed by atoms with E-state index >= 15 is 0 Å². The van der Waals surface area contributed by atoms with Gasteiger partial charge in [-0.05, 0) is 44.5 Å². The third-order valence-electron chi connectivity index (χ3n) is 4.63. The second-order valence-electron chi connectivity index (χ2n) is 5.83. The number of hydrogen-bond donors (Lipinski definition) is 1. The van der Waals surface area contributed by atoms with Gasteiger partial charge in [0.1, 0.15) is 0 Å². The van der Waals surface area contributed by atoms with Gasteiger partial charge in [0.15, 0.2) is 0 Å². The number of aryl methyl sites for hydroxylation is 1. The monoisotopic (exact) mass is 276 g/mol. The van der Waals surface area contributed by atoms with Crippen molar-refractivity contribution in [2.24, 2.45) is 0 Å².